The van der Waals surface area contributed by atoms with E-state index in [1.54, 1.807) is 29.2 Å². The van der Waals surface area contributed by atoms with Crippen molar-refractivity contribution in [3.63, 3.8) is 0 Å². The van der Waals surface area contributed by atoms with Crippen molar-refractivity contribution >= 4 is 22.5 Å². The molecular weight excluding hydrogens is 274 g/mol. The molecule has 4 nitrogen and oxygen atoms in total. The minimum Gasteiger partial charge on any atom is -0.308 e. The molecule has 3 rings (SSSR count). The van der Waals surface area contributed by atoms with E-state index in [1.165, 1.54) is 0 Å². The van der Waals surface area contributed by atoms with Gasteiger partial charge in [0, 0.05) is 41.6 Å². The highest BCUT2D eigenvalue weighted by Gasteiger charge is 2.10. The van der Waals surface area contributed by atoms with Gasteiger partial charge in [-0.3, -0.25) is 9.78 Å². The Morgan fingerprint density at radius 2 is 2.15 bits per heavy atom. The van der Waals surface area contributed by atoms with Crippen molar-refractivity contribution in [3.05, 3.63) is 58.4 Å². The van der Waals surface area contributed by atoms with Gasteiger partial charge in [-0.15, -0.1) is 0 Å². The zero-order valence-electron chi connectivity index (χ0n) is 10.9. The van der Waals surface area contributed by atoms with Gasteiger partial charge in [-0.2, -0.15) is 0 Å². The van der Waals surface area contributed by atoms with E-state index in [0.717, 1.165) is 16.5 Å². The number of pyridine rings is 3. The van der Waals surface area contributed by atoms with Crippen LogP contribution in [0.15, 0.2) is 47.7 Å². The molecule has 3 aromatic heterocycles. The van der Waals surface area contributed by atoms with Crippen molar-refractivity contribution in [3.8, 4) is 11.1 Å². The van der Waals surface area contributed by atoms with Gasteiger partial charge in [0.15, 0.2) is 0 Å². The lowest BCUT2D eigenvalue weighted by atomic mass is 10.1. The van der Waals surface area contributed by atoms with Crippen LogP contribution in [0, 0.1) is 0 Å². The van der Waals surface area contributed by atoms with Crippen molar-refractivity contribution in [1.82, 2.24) is 14.5 Å². The summed E-state index contributed by atoms with van der Waals surface area (Å²) >= 11 is 5.92. The van der Waals surface area contributed by atoms with Crippen LogP contribution in [0.4, 0.5) is 0 Å². The fourth-order valence-corrected chi connectivity index (χ4v) is 2.44. The van der Waals surface area contributed by atoms with E-state index >= 15 is 0 Å². The maximum Gasteiger partial charge on any atom is 0.258 e. The minimum absolute atomic E-state index is 0.0460. The monoisotopic (exact) mass is 285 g/mol. The summed E-state index contributed by atoms with van der Waals surface area (Å²) in [6.07, 6.45) is 5.05. The average molecular weight is 286 g/mol. The van der Waals surface area contributed by atoms with E-state index in [2.05, 4.69) is 9.97 Å². The Bertz CT molecular complexity index is 828. The van der Waals surface area contributed by atoms with Gasteiger partial charge in [0.2, 0.25) is 0 Å². The molecule has 3 aromatic rings. The van der Waals surface area contributed by atoms with Gasteiger partial charge in [0.1, 0.15) is 5.15 Å². The zero-order chi connectivity index (χ0) is 14.1. The van der Waals surface area contributed by atoms with Gasteiger partial charge >= 0.3 is 0 Å². The summed E-state index contributed by atoms with van der Waals surface area (Å²) in [6, 6.07) is 7.24. The molecule has 0 spiro atoms. The fourth-order valence-electron chi connectivity index (χ4n) is 2.29. The van der Waals surface area contributed by atoms with Crippen LogP contribution in [0.25, 0.3) is 22.0 Å². The number of rotatable bonds is 2. The summed E-state index contributed by atoms with van der Waals surface area (Å²) < 4.78 is 1.70. The van der Waals surface area contributed by atoms with E-state index in [-0.39, 0.29) is 5.56 Å². The summed E-state index contributed by atoms with van der Waals surface area (Å²) in [4.78, 5) is 20.7. The molecule has 0 aromatic carbocycles. The van der Waals surface area contributed by atoms with Crippen LogP contribution < -0.4 is 5.56 Å². The molecule has 0 radical (unpaired) electrons. The molecule has 0 amide bonds. The molecule has 20 heavy (non-hydrogen) atoms. The molecule has 0 unspecified atom stereocenters. The first kappa shape index (κ1) is 12.8. The van der Waals surface area contributed by atoms with Crippen molar-refractivity contribution in [2.75, 3.05) is 0 Å². The van der Waals surface area contributed by atoms with E-state index in [0.29, 0.717) is 17.3 Å². The minimum atomic E-state index is -0.0460. The first-order chi connectivity index (χ1) is 9.70. The predicted octanol–water partition coefficient (Wildman–Crippen LogP) is 3.13. The molecule has 0 aliphatic heterocycles. The molecular formula is C15H12ClN3O. The van der Waals surface area contributed by atoms with Crippen LogP contribution in [0.3, 0.4) is 0 Å². The van der Waals surface area contributed by atoms with Crippen molar-refractivity contribution in [2.24, 2.45) is 0 Å². The standard InChI is InChI=1S/C15H12ClN3O/c1-2-19-13-7-14(16)18-9-11(13)6-12(15(19)20)10-4-3-5-17-8-10/h3-9H,2H2,1H3. The van der Waals surface area contributed by atoms with Gasteiger partial charge in [-0.1, -0.05) is 17.7 Å². The Labute approximate surface area is 120 Å². The van der Waals surface area contributed by atoms with Crippen molar-refractivity contribution in [2.45, 2.75) is 13.5 Å². The highest BCUT2D eigenvalue weighted by atomic mass is 35.5. The highest BCUT2D eigenvalue weighted by molar-refractivity contribution is 6.30. The number of aromatic nitrogens is 3. The molecule has 3 heterocycles. The van der Waals surface area contributed by atoms with Crippen LogP contribution in [-0.2, 0) is 6.54 Å². The first-order valence-electron chi connectivity index (χ1n) is 6.30. The van der Waals surface area contributed by atoms with Crippen LogP contribution in [0.5, 0.6) is 0 Å². The molecule has 0 aliphatic rings. The second kappa shape index (κ2) is 5.06. The third-order valence-electron chi connectivity index (χ3n) is 3.23. The van der Waals surface area contributed by atoms with Gasteiger partial charge in [-0.25, -0.2) is 4.98 Å². The largest absolute Gasteiger partial charge is 0.308 e. The quantitative estimate of drug-likeness (QED) is 0.680. The van der Waals surface area contributed by atoms with Gasteiger partial charge in [0.05, 0.1) is 5.52 Å². The van der Waals surface area contributed by atoms with E-state index in [4.69, 9.17) is 11.6 Å². The number of hydrogen-bond donors (Lipinski definition) is 0. The smallest absolute Gasteiger partial charge is 0.258 e. The lowest BCUT2D eigenvalue weighted by Crippen LogP contribution is -2.21. The Morgan fingerprint density at radius 1 is 1.30 bits per heavy atom. The molecule has 0 aliphatic carbocycles. The highest BCUT2D eigenvalue weighted by Crippen LogP contribution is 2.21. The fraction of sp³-hybridized carbons (Fsp3) is 0.133. The molecule has 0 saturated heterocycles. The van der Waals surface area contributed by atoms with Gasteiger partial charge in [-0.05, 0) is 25.1 Å². The summed E-state index contributed by atoms with van der Waals surface area (Å²) in [7, 11) is 0. The van der Waals surface area contributed by atoms with Gasteiger partial charge < -0.3 is 4.57 Å². The Hall–Kier alpha value is -2.20. The third-order valence-corrected chi connectivity index (χ3v) is 3.44. The molecule has 100 valence electrons. The summed E-state index contributed by atoms with van der Waals surface area (Å²) in [5.41, 5.74) is 2.17. The number of aryl methyl sites for hydroxylation is 1. The molecule has 0 fully saturated rings. The Kier molecular flexibility index (Phi) is 3.24. The maximum atomic E-state index is 12.6. The van der Waals surface area contributed by atoms with Crippen LogP contribution >= 0.6 is 11.6 Å². The number of nitrogens with zero attached hydrogens (tertiary/aromatic N) is 3. The van der Waals surface area contributed by atoms with Crippen LogP contribution in [-0.4, -0.2) is 14.5 Å². The molecule has 0 N–H and O–H groups in total. The second-order valence-electron chi connectivity index (χ2n) is 4.41. The molecule has 0 bridgehead atoms. The Morgan fingerprint density at radius 3 is 2.85 bits per heavy atom. The molecule has 0 atom stereocenters. The lowest BCUT2D eigenvalue weighted by Gasteiger charge is -2.11. The van der Waals surface area contributed by atoms with Gasteiger partial charge in [0.25, 0.3) is 5.56 Å². The normalized spacial score (nSPS) is 10.9. The van der Waals surface area contributed by atoms with E-state index < -0.39 is 0 Å². The summed E-state index contributed by atoms with van der Waals surface area (Å²) in [6.45, 7) is 2.51. The summed E-state index contributed by atoms with van der Waals surface area (Å²) in [5, 5.41) is 1.27. The molecule has 5 heteroatoms. The average Bonchev–Trinajstić information content (AvgIpc) is 2.48. The maximum absolute atomic E-state index is 12.6. The number of hydrogen-bond acceptors (Lipinski definition) is 3. The molecule has 0 saturated carbocycles. The topological polar surface area (TPSA) is 47.8 Å². The third kappa shape index (κ3) is 2.08. The lowest BCUT2D eigenvalue weighted by molar-refractivity contribution is 0.761. The number of halogens is 1. The van der Waals surface area contributed by atoms with Crippen molar-refractivity contribution < 1.29 is 0 Å². The first-order valence-corrected chi connectivity index (χ1v) is 6.68. The predicted molar refractivity (Wildman–Crippen MR) is 79.9 cm³/mol. The van der Waals surface area contributed by atoms with E-state index in [9.17, 15) is 4.79 Å². The SMILES string of the molecule is CCn1c(=O)c(-c2cccnc2)cc2cnc(Cl)cc21. The Balaban J connectivity index is 2.38. The van der Waals surface area contributed by atoms with Crippen LogP contribution in [0.1, 0.15) is 6.92 Å². The van der Waals surface area contributed by atoms with E-state index in [1.807, 2.05) is 25.1 Å². The van der Waals surface area contributed by atoms with Crippen LogP contribution in [0.2, 0.25) is 5.15 Å². The summed E-state index contributed by atoms with van der Waals surface area (Å²) in [5.74, 6) is 0. The zero-order valence-corrected chi connectivity index (χ0v) is 11.6. The second-order valence-corrected chi connectivity index (χ2v) is 4.80. The number of fused-ring (bicyclic) bond motifs is 1. The van der Waals surface area contributed by atoms with Crippen molar-refractivity contribution in [1.29, 1.82) is 0 Å².